The van der Waals surface area contributed by atoms with Gasteiger partial charge in [0.15, 0.2) is 0 Å². The van der Waals surface area contributed by atoms with Crippen LogP contribution in [0.15, 0.2) is 17.5 Å². The third-order valence-electron chi connectivity index (χ3n) is 2.20. The summed E-state index contributed by atoms with van der Waals surface area (Å²) in [6.45, 7) is 1.38. The Morgan fingerprint density at radius 2 is 2.07 bits per heavy atom. The second kappa shape index (κ2) is 3.28. The SMILES string of the molecule is Cc1c(F)cc2ccsc2c1C(F)F. The van der Waals surface area contributed by atoms with Gasteiger partial charge in [-0.15, -0.1) is 11.3 Å². The lowest BCUT2D eigenvalue weighted by atomic mass is 10.1. The minimum Gasteiger partial charge on any atom is -0.207 e. The van der Waals surface area contributed by atoms with E-state index in [4.69, 9.17) is 0 Å². The topological polar surface area (TPSA) is 0 Å². The quantitative estimate of drug-likeness (QED) is 0.667. The van der Waals surface area contributed by atoms with Gasteiger partial charge in [-0.05, 0) is 35.4 Å². The van der Waals surface area contributed by atoms with Crippen LogP contribution in [0.3, 0.4) is 0 Å². The molecule has 2 rings (SSSR count). The molecular weight excluding hydrogens is 209 g/mol. The average Bonchev–Trinajstić information content (AvgIpc) is 2.52. The number of rotatable bonds is 1. The molecule has 0 aliphatic carbocycles. The summed E-state index contributed by atoms with van der Waals surface area (Å²) in [4.78, 5) is 0. The van der Waals surface area contributed by atoms with Crippen LogP contribution in [0.4, 0.5) is 13.2 Å². The van der Waals surface area contributed by atoms with Crippen LogP contribution < -0.4 is 0 Å². The molecule has 0 bridgehead atoms. The Morgan fingerprint density at radius 1 is 1.36 bits per heavy atom. The summed E-state index contributed by atoms with van der Waals surface area (Å²) in [6.07, 6.45) is -2.62. The second-order valence-corrected chi connectivity index (χ2v) is 3.95. The zero-order valence-corrected chi connectivity index (χ0v) is 8.17. The molecular formula is C10H7F3S. The van der Waals surface area contributed by atoms with Gasteiger partial charge in [-0.25, -0.2) is 13.2 Å². The number of fused-ring (bicyclic) bond motifs is 1. The van der Waals surface area contributed by atoms with E-state index in [0.29, 0.717) is 10.1 Å². The molecule has 0 fully saturated rings. The first-order chi connectivity index (χ1) is 6.61. The van der Waals surface area contributed by atoms with Gasteiger partial charge in [0, 0.05) is 10.3 Å². The summed E-state index contributed by atoms with van der Waals surface area (Å²) in [6, 6.07) is 2.95. The second-order valence-electron chi connectivity index (χ2n) is 3.04. The summed E-state index contributed by atoms with van der Waals surface area (Å²) in [5.74, 6) is -0.564. The van der Waals surface area contributed by atoms with Crippen LogP contribution in [0, 0.1) is 12.7 Å². The number of alkyl halides is 2. The Labute approximate surface area is 83.0 Å². The van der Waals surface area contributed by atoms with Crippen molar-refractivity contribution in [2.75, 3.05) is 0 Å². The fourth-order valence-electron chi connectivity index (χ4n) is 1.46. The minimum absolute atomic E-state index is 0.0509. The summed E-state index contributed by atoms with van der Waals surface area (Å²) in [7, 11) is 0. The Kier molecular flexibility index (Phi) is 2.23. The highest BCUT2D eigenvalue weighted by Crippen LogP contribution is 2.35. The highest BCUT2D eigenvalue weighted by molar-refractivity contribution is 7.17. The fraction of sp³-hybridized carbons (Fsp3) is 0.200. The van der Waals surface area contributed by atoms with Crippen LogP contribution in [0.5, 0.6) is 0 Å². The molecule has 0 nitrogen and oxygen atoms in total. The molecule has 0 saturated heterocycles. The van der Waals surface area contributed by atoms with Crippen molar-refractivity contribution in [3.05, 3.63) is 34.5 Å². The number of benzene rings is 1. The number of hydrogen-bond donors (Lipinski definition) is 0. The maximum Gasteiger partial charge on any atom is 0.265 e. The summed E-state index contributed by atoms with van der Waals surface area (Å²) < 4.78 is 39.0. The minimum atomic E-state index is -2.62. The zero-order valence-electron chi connectivity index (χ0n) is 7.35. The van der Waals surface area contributed by atoms with Crippen LogP contribution >= 0.6 is 11.3 Å². The first-order valence-electron chi connectivity index (χ1n) is 4.05. The van der Waals surface area contributed by atoms with E-state index in [9.17, 15) is 13.2 Å². The van der Waals surface area contributed by atoms with Gasteiger partial charge in [0.1, 0.15) is 5.82 Å². The number of hydrogen-bond acceptors (Lipinski definition) is 1. The third-order valence-corrected chi connectivity index (χ3v) is 3.17. The molecule has 0 amide bonds. The van der Waals surface area contributed by atoms with Crippen molar-refractivity contribution in [3.63, 3.8) is 0 Å². The van der Waals surface area contributed by atoms with Crippen LogP contribution in [0.1, 0.15) is 17.6 Å². The molecule has 0 aliphatic rings. The molecule has 74 valence electrons. The standard InChI is InChI=1S/C10H7F3S/c1-5-7(11)4-6-2-3-14-9(6)8(5)10(12)13/h2-4,10H,1H3. The van der Waals surface area contributed by atoms with Gasteiger partial charge in [0.05, 0.1) is 0 Å². The van der Waals surface area contributed by atoms with Crippen LogP contribution in [-0.2, 0) is 0 Å². The van der Waals surface area contributed by atoms with Crippen molar-refractivity contribution in [1.29, 1.82) is 0 Å². The molecule has 0 N–H and O–H groups in total. The largest absolute Gasteiger partial charge is 0.265 e. The molecule has 4 heteroatoms. The third kappa shape index (κ3) is 1.30. The van der Waals surface area contributed by atoms with Crippen molar-refractivity contribution in [3.8, 4) is 0 Å². The Bertz CT molecular complexity index is 473. The van der Waals surface area contributed by atoms with Crippen LogP contribution in [0.2, 0.25) is 0 Å². The summed E-state index contributed by atoms with van der Waals surface area (Å²) >= 11 is 1.22. The Balaban J connectivity index is 2.86. The van der Waals surface area contributed by atoms with E-state index in [-0.39, 0.29) is 11.1 Å². The van der Waals surface area contributed by atoms with Gasteiger partial charge >= 0.3 is 0 Å². The van der Waals surface area contributed by atoms with Gasteiger partial charge in [0.25, 0.3) is 6.43 Å². The van der Waals surface area contributed by atoms with E-state index < -0.39 is 12.2 Å². The van der Waals surface area contributed by atoms with E-state index >= 15 is 0 Å². The summed E-state index contributed by atoms with van der Waals surface area (Å²) in [5, 5.41) is 2.24. The van der Waals surface area contributed by atoms with E-state index in [1.807, 2.05) is 0 Å². The van der Waals surface area contributed by atoms with Gasteiger partial charge in [-0.3, -0.25) is 0 Å². The lowest BCUT2D eigenvalue weighted by Gasteiger charge is -2.07. The van der Waals surface area contributed by atoms with Crippen molar-refractivity contribution in [2.24, 2.45) is 0 Å². The van der Waals surface area contributed by atoms with E-state index in [0.717, 1.165) is 0 Å². The van der Waals surface area contributed by atoms with Crippen molar-refractivity contribution in [1.82, 2.24) is 0 Å². The molecule has 0 aliphatic heterocycles. The highest BCUT2D eigenvalue weighted by Gasteiger charge is 2.18. The molecule has 2 aromatic rings. The lowest BCUT2D eigenvalue weighted by Crippen LogP contribution is -1.93. The first kappa shape index (κ1) is 9.52. The highest BCUT2D eigenvalue weighted by atomic mass is 32.1. The maximum absolute atomic E-state index is 13.2. The van der Waals surface area contributed by atoms with Crippen LogP contribution in [-0.4, -0.2) is 0 Å². The normalized spacial score (nSPS) is 11.5. The van der Waals surface area contributed by atoms with Gasteiger partial charge < -0.3 is 0 Å². The molecule has 14 heavy (non-hydrogen) atoms. The smallest absolute Gasteiger partial charge is 0.207 e. The van der Waals surface area contributed by atoms with Crippen molar-refractivity contribution < 1.29 is 13.2 Å². The first-order valence-corrected chi connectivity index (χ1v) is 4.93. The molecule has 1 aromatic carbocycles. The lowest BCUT2D eigenvalue weighted by molar-refractivity contribution is 0.152. The molecule has 1 aromatic heterocycles. The predicted octanol–water partition coefficient (Wildman–Crippen LogP) is 4.29. The van der Waals surface area contributed by atoms with E-state index in [1.54, 1.807) is 11.4 Å². The number of thiophene rings is 1. The predicted molar refractivity (Wildman–Crippen MR) is 51.5 cm³/mol. The van der Waals surface area contributed by atoms with Gasteiger partial charge in [-0.1, -0.05) is 0 Å². The molecule has 0 saturated carbocycles. The molecule has 0 unspecified atom stereocenters. The monoisotopic (exact) mass is 216 g/mol. The summed E-state index contributed by atoms with van der Waals surface area (Å²) in [5.41, 5.74) is -0.120. The van der Waals surface area contributed by atoms with E-state index in [2.05, 4.69) is 0 Å². The van der Waals surface area contributed by atoms with E-state index in [1.165, 1.54) is 24.3 Å². The van der Waals surface area contributed by atoms with Gasteiger partial charge in [0.2, 0.25) is 0 Å². The molecule has 1 heterocycles. The van der Waals surface area contributed by atoms with Crippen molar-refractivity contribution in [2.45, 2.75) is 13.3 Å². The van der Waals surface area contributed by atoms with Crippen molar-refractivity contribution >= 4 is 21.4 Å². The Morgan fingerprint density at radius 3 is 2.71 bits per heavy atom. The maximum atomic E-state index is 13.2. The Hall–Kier alpha value is -1.03. The molecule has 0 radical (unpaired) electrons. The van der Waals surface area contributed by atoms with Gasteiger partial charge in [-0.2, -0.15) is 0 Å². The molecule has 0 spiro atoms. The zero-order chi connectivity index (χ0) is 10.3. The fourth-order valence-corrected chi connectivity index (χ4v) is 2.44. The molecule has 0 atom stereocenters. The average molecular weight is 216 g/mol. The number of halogens is 3. The van der Waals surface area contributed by atoms with Crippen LogP contribution in [0.25, 0.3) is 10.1 Å².